The average Bonchev–Trinajstić information content (AvgIpc) is 3.45. The van der Waals surface area contributed by atoms with Gasteiger partial charge in [0.15, 0.2) is 5.82 Å². The van der Waals surface area contributed by atoms with Crippen molar-refractivity contribution in [2.24, 2.45) is 0 Å². The van der Waals surface area contributed by atoms with Gasteiger partial charge in [0.05, 0.1) is 5.69 Å². The number of carbonyl (C=O) groups excluding carboxylic acids is 1. The summed E-state index contributed by atoms with van der Waals surface area (Å²) in [6, 6.07) is 8.72. The molecule has 0 bridgehead atoms. The molecule has 0 radical (unpaired) electrons. The number of hydrogen-bond donors (Lipinski definition) is 1. The van der Waals surface area contributed by atoms with E-state index in [4.69, 9.17) is 10.1 Å². The maximum Gasteiger partial charge on any atom is 0.387 e. The highest BCUT2D eigenvalue weighted by Gasteiger charge is 2.29. The Hall–Kier alpha value is -3.69. The second kappa shape index (κ2) is 8.02. The van der Waals surface area contributed by atoms with Crippen LogP contribution in [0.2, 0.25) is 0 Å². The SMILES string of the molecule is Cc1cc(-n2nc(N3CCNC3=O)cc2C)c2c(n1)N(c1ccc(OC(F)F)cc1C)CC2. The molecular weight excluding hydrogens is 430 g/mol. The van der Waals surface area contributed by atoms with Crippen LogP contribution in [-0.2, 0) is 6.42 Å². The van der Waals surface area contributed by atoms with Gasteiger partial charge in [-0.05, 0) is 57.0 Å². The van der Waals surface area contributed by atoms with Gasteiger partial charge >= 0.3 is 12.6 Å². The van der Waals surface area contributed by atoms with E-state index in [0.717, 1.165) is 46.1 Å². The topological polar surface area (TPSA) is 75.5 Å². The second-order valence-corrected chi connectivity index (χ2v) is 8.25. The number of alkyl halides is 2. The predicted molar refractivity (Wildman–Crippen MR) is 120 cm³/mol. The van der Waals surface area contributed by atoms with Crippen LogP contribution < -0.4 is 19.9 Å². The van der Waals surface area contributed by atoms with Crippen molar-refractivity contribution in [1.29, 1.82) is 0 Å². The zero-order valence-electron chi connectivity index (χ0n) is 18.6. The maximum absolute atomic E-state index is 12.6. The molecule has 0 atom stereocenters. The Morgan fingerprint density at radius 1 is 1.06 bits per heavy atom. The first-order chi connectivity index (χ1) is 15.8. The van der Waals surface area contributed by atoms with E-state index in [0.29, 0.717) is 25.5 Å². The quantitative estimate of drug-likeness (QED) is 0.630. The molecule has 0 aliphatic carbocycles. The Kier molecular flexibility index (Phi) is 5.15. The van der Waals surface area contributed by atoms with Gasteiger partial charge in [-0.15, -0.1) is 5.10 Å². The highest BCUT2D eigenvalue weighted by atomic mass is 19.3. The van der Waals surface area contributed by atoms with Gasteiger partial charge in [0.2, 0.25) is 0 Å². The molecule has 2 aliphatic heterocycles. The number of anilines is 3. The summed E-state index contributed by atoms with van der Waals surface area (Å²) in [7, 11) is 0. The number of rotatable bonds is 5. The minimum absolute atomic E-state index is 0.134. The number of carbonyl (C=O) groups is 1. The number of urea groups is 1. The predicted octanol–water partition coefficient (Wildman–Crippen LogP) is 4.02. The summed E-state index contributed by atoms with van der Waals surface area (Å²) >= 11 is 0. The number of amides is 2. The molecule has 1 N–H and O–H groups in total. The first-order valence-electron chi connectivity index (χ1n) is 10.8. The summed E-state index contributed by atoms with van der Waals surface area (Å²) in [5.74, 6) is 1.58. The van der Waals surface area contributed by atoms with E-state index >= 15 is 0 Å². The number of ether oxygens (including phenoxy) is 1. The average molecular weight is 454 g/mol. The molecule has 4 heterocycles. The van der Waals surface area contributed by atoms with Crippen LogP contribution in [0.25, 0.3) is 5.69 Å². The number of fused-ring (bicyclic) bond motifs is 1. The van der Waals surface area contributed by atoms with Crippen molar-refractivity contribution in [1.82, 2.24) is 20.1 Å². The van der Waals surface area contributed by atoms with Crippen molar-refractivity contribution in [3.05, 3.63) is 52.8 Å². The first kappa shape index (κ1) is 21.2. The number of nitrogens with zero attached hydrogens (tertiary/aromatic N) is 5. The summed E-state index contributed by atoms with van der Waals surface area (Å²) in [5, 5.41) is 7.53. The fourth-order valence-electron chi connectivity index (χ4n) is 4.51. The number of aromatic nitrogens is 3. The van der Waals surface area contributed by atoms with Crippen LogP contribution in [0.3, 0.4) is 0 Å². The third-order valence-electron chi connectivity index (χ3n) is 5.97. The molecule has 2 amide bonds. The van der Waals surface area contributed by atoms with Crippen molar-refractivity contribution < 1.29 is 18.3 Å². The van der Waals surface area contributed by atoms with E-state index in [-0.39, 0.29) is 11.8 Å². The molecule has 33 heavy (non-hydrogen) atoms. The van der Waals surface area contributed by atoms with E-state index < -0.39 is 6.61 Å². The van der Waals surface area contributed by atoms with Gasteiger partial charge in [-0.1, -0.05) is 0 Å². The summed E-state index contributed by atoms with van der Waals surface area (Å²) < 4.78 is 31.6. The number of pyridine rings is 1. The van der Waals surface area contributed by atoms with Gasteiger partial charge in [-0.3, -0.25) is 4.90 Å². The van der Waals surface area contributed by atoms with E-state index in [2.05, 4.69) is 15.0 Å². The van der Waals surface area contributed by atoms with Gasteiger partial charge in [0.25, 0.3) is 0 Å². The lowest BCUT2D eigenvalue weighted by molar-refractivity contribution is -0.0498. The number of nitrogens with one attached hydrogen (secondary N) is 1. The van der Waals surface area contributed by atoms with Gasteiger partial charge in [0, 0.05) is 48.3 Å². The number of halogens is 2. The molecular formula is C23H24F2N6O2. The fourth-order valence-corrected chi connectivity index (χ4v) is 4.51. The molecule has 5 rings (SSSR count). The molecule has 1 saturated heterocycles. The lowest BCUT2D eigenvalue weighted by atomic mass is 10.1. The Balaban J connectivity index is 1.53. The summed E-state index contributed by atoms with van der Waals surface area (Å²) in [6.07, 6.45) is 0.755. The monoisotopic (exact) mass is 454 g/mol. The van der Waals surface area contributed by atoms with Crippen molar-refractivity contribution in [3.8, 4) is 11.4 Å². The fraction of sp³-hybridized carbons (Fsp3) is 0.348. The molecule has 2 aliphatic rings. The van der Waals surface area contributed by atoms with Gasteiger partial charge in [-0.2, -0.15) is 8.78 Å². The summed E-state index contributed by atoms with van der Waals surface area (Å²) in [4.78, 5) is 20.6. The van der Waals surface area contributed by atoms with E-state index in [1.165, 1.54) is 0 Å². The van der Waals surface area contributed by atoms with Crippen molar-refractivity contribution in [2.75, 3.05) is 29.4 Å². The standard InChI is InChI=1S/C23H24F2N6O2/c1-13-10-16(33-22(24)25)4-5-18(13)29-8-6-17-19(11-14(2)27-21(17)29)31-15(3)12-20(28-31)30-9-7-26-23(30)32/h4-5,10-12,22H,6-9H2,1-3H3,(H,26,32). The van der Waals surface area contributed by atoms with E-state index in [9.17, 15) is 13.6 Å². The third kappa shape index (κ3) is 3.75. The largest absolute Gasteiger partial charge is 0.435 e. The van der Waals surface area contributed by atoms with E-state index in [1.54, 1.807) is 23.1 Å². The van der Waals surface area contributed by atoms with Crippen LogP contribution >= 0.6 is 0 Å². The highest BCUT2D eigenvalue weighted by Crippen LogP contribution is 2.39. The van der Waals surface area contributed by atoms with Crippen molar-refractivity contribution >= 4 is 23.4 Å². The lowest BCUT2D eigenvalue weighted by Gasteiger charge is -2.22. The Morgan fingerprint density at radius 2 is 1.88 bits per heavy atom. The van der Waals surface area contributed by atoms with Crippen LogP contribution in [0.5, 0.6) is 5.75 Å². The first-order valence-corrected chi connectivity index (χ1v) is 10.8. The Morgan fingerprint density at radius 3 is 2.58 bits per heavy atom. The molecule has 10 heteroatoms. The highest BCUT2D eigenvalue weighted by molar-refractivity contribution is 5.93. The zero-order chi connectivity index (χ0) is 23.3. The molecule has 0 saturated carbocycles. The number of hydrogen-bond acceptors (Lipinski definition) is 5. The Bertz CT molecular complexity index is 1240. The molecule has 2 aromatic heterocycles. The summed E-state index contributed by atoms with van der Waals surface area (Å²) in [6.45, 7) is 4.80. The minimum atomic E-state index is -2.86. The van der Waals surface area contributed by atoms with Gasteiger partial charge in [0.1, 0.15) is 11.6 Å². The summed E-state index contributed by atoms with van der Waals surface area (Å²) in [5.41, 5.74) is 5.45. The minimum Gasteiger partial charge on any atom is -0.435 e. The van der Waals surface area contributed by atoms with Gasteiger partial charge < -0.3 is 15.0 Å². The number of aryl methyl sites for hydroxylation is 3. The van der Waals surface area contributed by atoms with E-state index in [1.807, 2.05) is 37.6 Å². The van der Waals surface area contributed by atoms with Crippen molar-refractivity contribution in [2.45, 2.75) is 33.8 Å². The van der Waals surface area contributed by atoms with Crippen LogP contribution in [-0.4, -0.2) is 47.0 Å². The molecule has 8 nitrogen and oxygen atoms in total. The molecule has 1 aromatic carbocycles. The molecule has 0 unspecified atom stereocenters. The van der Waals surface area contributed by atoms with Crippen LogP contribution in [0.1, 0.15) is 22.5 Å². The van der Waals surface area contributed by atoms with Gasteiger partial charge in [-0.25, -0.2) is 14.5 Å². The Labute approximate surface area is 189 Å². The molecule has 3 aromatic rings. The number of benzene rings is 1. The molecule has 1 fully saturated rings. The van der Waals surface area contributed by atoms with Crippen molar-refractivity contribution in [3.63, 3.8) is 0 Å². The second-order valence-electron chi connectivity index (χ2n) is 8.25. The lowest BCUT2D eigenvalue weighted by Crippen LogP contribution is -2.28. The third-order valence-corrected chi connectivity index (χ3v) is 5.97. The van der Waals surface area contributed by atoms with Crippen LogP contribution in [0.4, 0.5) is 30.9 Å². The molecule has 172 valence electrons. The molecule has 0 spiro atoms. The normalized spacial score (nSPS) is 15.4. The smallest absolute Gasteiger partial charge is 0.387 e. The maximum atomic E-state index is 12.6. The van der Waals surface area contributed by atoms with Crippen LogP contribution in [0, 0.1) is 20.8 Å². The van der Waals surface area contributed by atoms with Crippen LogP contribution in [0.15, 0.2) is 30.3 Å². The zero-order valence-corrected chi connectivity index (χ0v) is 18.6.